The molecule has 0 spiro atoms. The van der Waals surface area contributed by atoms with Crippen LogP contribution in [0.2, 0.25) is 5.02 Å². The maximum Gasteiger partial charge on any atom is 0.288 e. The van der Waals surface area contributed by atoms with Crippen molar-refractivity contribution in [2.75, 3.05) is 11.9 Å². The summed E-state index contributed by atoms with van der Waals surface area (Å²) in [6.07, 6.45) is 0. The van der Waals surface area contributed by atoms with Gasteiger partial charge in [-0.2, -0.15) is 0 Å². The molecule has 0 aliphatic heterocycles. The lowest BCUT2D eigenvalue weighted by molar-refractivity contribution is -0.384. The molecule has 21 heavy (non-hydrogen) atoms. The van der Waals surface area contributed by atoms with E-state index in [2.05, 4.69) is 5.32 Å². The molecule has 0 amide bonds. The van der Waals surface area contributed by atoms with Crippen LogP contribution in [-0.4, -0.2) is 11.5 Å². The number of rotatable bonds is 6. The molecule has 0 aromatic heterocycles. The van der Waals surface area contributed by atoms with E-state index in [1.165, 1.54) is 6.07 Å². The maximum atomic E-state index is 10.7. The van der Waals surface area contributed by atoms with Crippen molar-refractivity contribution in [2.24, 2.45) is 0 Å². The molecule has 1 N–H and O–H groups in total. The second-order valence-corrected chi connectivity index (χ2v) is 4.76. The number of hydrogen-bond donors (Lipinski definition) is 1. The summed E-state index contributed by atoms with van der Waals surface area (Å²) in [5, 5.41) is 14.0. The lowest BCUT2D eigenvalue weighted by Crippen LogP contribution is -2.00. The number of nitrogens with one attached hydrogen (secondary N) is 1. The first-order valence-electron chi connectivity index (χ1n) is 6.49. The second-order valence-electron chi connectivity index (χ2n) is 4.36. The summed E-state index contributed by atoms with van der Waals surface area (Å²) >= 11 is 5.87. The number of nitro groups is 1. The minimum Gasteiger partial charge on any atom is -0.494 e. The van der Waals surface area contributed by atoms with Crippen molar-refractivity contribution in [3.8, 4) is 5.75 Å². The smallest absolute Gasteiger partial charge is 0.288 e. The van der Waals surface area contributed by atoms with Gasteiger partial charge in [0.05, 0.1) is 11.5 Å². The fourth-order valence-electron chi connectivity index (χ4n) is 1.88. The maximum absolute atomic E-state index is 10.7. The van der Waals surface area contributed by atoms with Gasteiger partial charge in [-0.15, -0.1) is 0 Å². The van der Waals surface area contributed by atoms with Crippen LogP contribution in [0.5, 0.6) is 5.75 Å². The zero-order valence-electron chi connectivity index (χ0n) is 11.5. The molecule has 0 heterocycles. The van der Waals surface area contributed by atoms with Crippen molar-refractivity contribution in [1.29, 1.82) is 0 Å². The molecule has 0 bridgehead atoms. The summed E-state index contributed by atoms with van der Waals surface area (Å²) in [7, 11) is 0. The third kappa shape index (κ3) is 4.10. The summed E-state index contributed by atoms with van der Waals surface area (Å²) < 4.78 is 5.44. The van der Waals surface area contributed by atoms with Gasteiger partial charge in [0, 0.05) is 18.3 Å². The summed E-state index contributed by atoms with van der Waals surface area (Å²) in [4.78, 5) is 10.2. The van der Waals surface area contributed by atoms with E-state index >= 15 is 0 Å². The number of nitro benzene ring substituents is 1. The fourth-order valence-corrected chi connectivity index (χ4v) is 2.13. The first-order chi connectivity index (χ1) is 10.1. The summed E-state index contributed by atoms with van der Waals surface area (Å²) in [6.45, 7) is 3.13. The minimum absolute atomic E-state index is 0.0967. The van der Waals surface area contributed by atoms with E-state index in [-0.39, 0.29) is 10.7 Å². The highest BCUT2D eigenvalue weighted by Gasteiger charge is 2.11. The lowest BCUT2D eigenvalue weighted by atomic mass is 10.2. The molecule has 0 saturated heterocycles. The van der Waals surface area contributed by atoms with Crippen LogP contribution in [0, 0.1) is 10.1 Å². The van der Waals surface area contributed by atoms with E-state index in [1.54, 1.807) is 12.1 Å². The van der Waals surface area contributed by atoms with E-state index in [1.807, 2.05) is 31.2 Å². The molecule has 0 radical (unpaired) electrons. The lowest BCUT2D eigenvalue weighted by Gasteiger charge is -2.09. The van der Waals surface area contributed by atoms with Crippen LogP contribution >= 0.6 is 11.6 Å². The van der Waals surface area contributed by atoms with Crippen LogP contribution in [0.15, 0.2) is 42.5 Å². The Balaban J connectivity index is 2.04. The Labute approximate surface area is 127 Å². The van der Waals surface area contributed by atoms with Crippen LogP contribution < -0.4 is 10.1 Å². The Hall–Kier alpha value is -2.27. The summed E-state index contributed by atoms with van der Waals surface area (Å²) in [5.74, 6) is 0.818. The van der Waals surface area contributed by atoms with Crippen molar-refractivity contribution < 1.29 is 9.66 Å². The number of anilines is 1. The van der Waals surface area contributed by atoms with E-state index in [0.717, 1.165) is 17.0 Å². The Morgan fingerprint density at radius 2 is 2.10 bits per heavy atom. The molecule has 0 aliphatic carbocycles. The highest BCUT2D eigenvalue weighted by molar-refractivity contribution is 6.32. The van der Waals surface area contributed by atoms with E-state index in [0.29, 0.717) is 13.2 Å². The zero-order valence-corrected chi connectivity index (χ0v) is 12.3. The van der Waals surface area contributed by atoms with Crippen LogP contribution in [0.25, 0.3) is 0 Å². The summed E-state index contributed by atoms with van der Waals surface area (Å²) in [6, 6.07) is 12.3. The molecular weight excluding hydrogens is 292 g/mol. The molecule has 0 atom stereocenters. The molecule has 0 saturated carbocycles. The molecule has 0 fully saturated rings. The standard InChI is InChI=1S/C15H15ClN2O3/c1-2-21-13-5-3-4-11(8-13)10-17-12-6-7-15(18(19)20)14(16)9-12/h3-9,17H,2,10H2,1H3. The van der Waals surface area contributed by atoms with Crippen molar-refractivity contribution in [2.45, 2.75) is 13.5 Å². The molecule has 2 rings (SSSR count). The van der Waals surface area contributed by atoms with Crippen molar-refractivity contribution in [3.05, 3.63) is 63.2 Å². The van der Waals surface area contributed by atoms with Gasteiger partial charge in [-0.05, 0) is 36.8 Å². The van der Waals surface area contributed by atoms with Gasteiger partial charge in [0.1, 0.15) is 10.8 Å². The monoisotopic (exact) mass is 306 g/mol. The van der Waals surface area contributed by atoms with Gasteiger partial charge >= 0.3 is 0 Å². The Morgan fingerprint density at radius 1 is 1.29 bits per heavy atom. The van der Waals surface area contributed by atoms with Gasteiger partial charge in [0.2, 0.25) is 0 Å². The van der Waals surface area contributed by atoms with Crippen LogP contribution in [0.3, 0.4) is 0 Å². The van der Waals surface area contributed by atoms with Gasteiger partial charge in [0.25, 0.3) is 5.69 Å². The van der Waals surface area contributed by atoms with E-state index in [9.17, 15) is 10.1 Å². The SMILES string of the molecule is CCOc1cccc(CNc2ccc([N+](=O)[O-])c(Cl)c2)c1. The predicted octanol–water partition coefficient (Wildman–Crippen LogP) is 4.26. The molecule has 6 heteroatoms. The molecule has 5 nitrogen and oxygen atoms in total. The predicted molar refractivity (Wildman–Crippen MR) is 83.0 cm³/mol. The second kappa shape index (κ2) is 6.95. The molecule has 0 unspecified atom stereocenters. The third-order valence-electron chi connectivity index (χ3n) is 2.85. The number of ether oxygens (including phenoxy) is 1. The van der Waals surface area contributed by atoms with E-state index < -0.39 is 4.92 Å². The minimum atomic E-state index is -0.502. The van der Waals surface area contributed by atoms with Gasteiger partial charge in [0.15, 0.2) is 0 Å². The number of hydrogen-bond acceptors (Lipinski definition) is 4. The first-order valence-corrected chi connectivity index (χ1v) is 6.87. The van der Waals surface area contributed by atoms with Crippen molar-refractivity contribution >= 4 is 23.0 Å². The third-order valence-corrected chi connectivity index (χ3v) is 3.15. The van der Waals surface area contributed by atoms with Crippen LogP contribution in [-0.2, 0) is 6.54 Å². The number of nitrogens with zero attached hydrogens (tertiary/aromatic N) is 1. The van der Waals surface area contributed by atoms with Gasteiger partial charge in [-0.1, -0.05) is 23.7 Å². The molecule has 2 aromatic carbocycles. The topological polar surface area (TPSA) is 64.4 Å². The van der Waals surface area contributed by atoms with Crippen LogP contribution in [0.4, 0.5) is 11.4 Å². The van der Waals surface area contributed by atoms with Gasteiger partial charge in [-0.25, -0.2) is 0 Å². The molecular formula is C15H15ClN2O3. The number of halogens is 1. The highest BCUT2D eigenvalue weighted by atomic mass is 35.5. The first kappa shape index (κ1) is 15.1. The highest BCUT2D eigenvalue weighted by Crippen LogP contribution is 2.27. The van der Waals surface area contributed by atoms with Gasteiger partial charge < -0.3 is 10.1 Å². The Morgan fingerprint density at radius 3 is 2.76 bits per heavy atom. The fraction of sp³-hybridized carbons (Fsp3) is 0.200. The van der Waals surface area contributed by atoms with Crippen molar-refractivity contribution in [3.63, 3.8) is 0 Å². The molecule has 110 valence electrons. The average Bonchev–Trinajstić information content (AvgIpc) is 2.45. The van der Waals surface area contributed by atoms with E-state index in [4.69, 9.17) is 16.3 Å². The van der Waals surface area contributed by atoms with Crippen LogP contribution in [0.1, 0.15) is 12.5 Å². The van der Waals surface area contributed by atoms with Crippen molar-refractivity contribution in [1.82, 2.24) is 0 Å². The zero-order chi connectivity index (χ0) is 15.2. The Kier molecular flexibility index (Phi) is 5.00. The summed E-state index contributed by atoms with van der Waals surface area (Å²) in [5.41, 5.74) is 1.68. The normalized spacial score (nSPS) is 10.2. The largest absolute Gasteiger partial charge is 0.494 e. The Bertz CT molecular complexity index is 647. The molecule has 2 aromatic rings. The van der Waals surface area contributed by atoms with Gasteiger partial charge in [-0.3, -0.25) is 10.1 Å². The average molecular weight is 307 g/mol. The quantitative estimate of drug-likeness (QED) is 0.640. The molecule has 0 aliphatic rings. The number of benzene rings is 2.